The summed E-state index contributed by atoms with van der Waals surface area (Å²) in [6.07, 6.45) is 8.44. The first-order valence-electron chi connectivity index (χ1n) is 10.9. The lowest BCUT2D eigenvalue weighted by molar-refractivity contribution is 0.102. The smallest absolute Gasteiger partial charge is 0.255 e. The molecular formula is C25H25N5O3. The number of aromatic nitrogens is 4. The fraction of sp³-hybridized carbons (Fsp3) is 0.200. The number of carbonyl (C=O) groups is 1. The highest BCUT2D eigenvalue weighted by molar-refractivity contribution is 6.04. The topological polar surface area (TPSA) is 91.2 Å². The average molecular weight is 444 g/mol. The number of nitrogens with zero attached hydrogens (tertiary/aromatic N) is 4. The van der Waals surface area contributed by atoms with Gasteiger partial charge in [0, 0.05) is 29.7 Å². The minimum Gasteiger partial charge on any atom is -0.494 e. The number of benzene rings is 2. The quantitative estimate of drug-likeness (QED) is 0.336. The summed E-state index contributed by atoms with van der Waals surface area (Å²) in [6.45, 7) is 2.85. The van der Waals surface area contributed by atoms with Gasteiger partial charge in [0.1, 0.15) is 17.8 Å². The van der Waals surface area contributed by atoms with Gasteiger partial charge in [-0.15, -0.1) is 10.2 Å². The average Bonchev–Trinajstić information content (AvgIpc) is 3.39. The number of ether oxygens (including phenoxy) is 2. The molecule has 168 valence electrons. The number of rotatable bonds is 10. The summed E-state index contributed by atoms with van der Waals surface area (Å²) in [7, 11) is 0. The van der Waals surface area contributed by atoms with E-state index in [0.29, 0.717) is 35.3 Å². The first-order valence-corrected chi connectivity index (χ1v) is 10.9. The molecular weight excluding hydrogens is 418 g/mol. The van der Waals surface area contributed by atoms with Crippen LogP contribution in [0, 0.1) is 0 Å². The van der Waals surface area contributed by atoms with Crippen molar-refractivity contribution < 1.29 is 14.3 Å². The second-order valence-electron chi connectivity index (χ2n) is 7.36. The third kappa shape index (κ3) is 6.16. The molecule has 0 fully saturated rings. The molecule has 2 heterocycles. The van der Waals surface area contributed by atoms with E-state index in [1.807, 2.05) is 12.1 Å². The molecule has 0 aliphatic carbocycles. The molecule has 4 aromatic rings. The monoisotopic (exact) mass is 443 g/mol. The molecule has 0 aliphatic rings. The van der Waals surface area contributed by atoms with E-state index in [1.165, 1.54) is 0 Å². The lowest BCUT2D eigenvalue weighted by atomic mass is 10.2. The molecule has 0 aliphatic heterocycles. The van der Waals surface area contributed by atoms with Crippen molar-refractivity contribution in [2.45, 2.75) is 26.2 Å². The number of hydrogen-bond donors (Lipinski definition) is 1. The predicted molar refractivity (Wildman–Crippen MR) is 125 cm³/mol. The fourth-order valence-electron chi connectivity index (χ4n) is 3.07. The van der Waals surface area contributed by atoms with Gasteiger partial charge < -0.3 is 14.8 Å². The molecule has 0 radical (unpaired) electrons. The summed E-state index contributed by atoms with van der Waals surface area (Å²) in [5.74, 6) is 2.18. The van der Waals surface area contributed by atoms with Gasteiger partial charge in [-0.1, -0.05) is 19.8 Å². The first-order chi connectivity index (χ1) is 16.2. The Labute approximate surface area is 192 Å². The first kappa shape index (κ1) is 22.0. The zero-order valence-electron chi connectivity index (χ0n) is 18.3. The molecule has 2 aromatic heterocycles. The van der Waals surface area contributed by atoms with Crippen LogP contribution in [0.5, 0.6) is 17.4 Å². The Morgan fingerprint density at radius 3 is 2.39 bits per heavy atom. The zero-order chi connectivity index (χ0) is 22.9. The van der Waals surface area contributed by atoms with Crippen LogP contribution < -0.4 is 14.8 Å². The summed E-state index contributed by atoms with van der Waals surface area (Å²) in [6, 6.07) is 17.7. The minimum absolute atomic E-state index is 0.192. The van der Waals surface area contributed by atoms with Gasteiger partial charge in [-0.3, -0.25) is 9.36 Å². The van der Waals surface area contributed by atoms with Crippen LogP contribution in [-0.2, 0) is 0 Å². The molecule has 8 heteroatoms. The second-order valence-corrected chi connectivity index (χ2v) is 7.36. The summed E-state index contributed by atoms with van der Waals surface area (Å²) in [5, 5.41) is 11.1. The summed E-state index contributed by atoms with van der Waals surface area (Å²) in [5.41, 5.74) is 1.22. The maximum atomic E-state index is 12.5. The summed E-state index contributed by atoms with van der Waals surface area (Å²) in [4.78, 5) is 16.5. The zero-order valence-corrected chi connectivity index (χ0v) is 18.3. The van der Waals surface area contributed by atoms with Gasteiger partial charge in [0.05, 0.1) is 6.61 Å². The Bertz CT molecular complexity index is 1140. The Hall–Kier alpha value is -4.20. The fourth-order valence-corrected chi connectivity index (χ4v) is 3.07. The molecule has 0 spiro atoms. The highest BCUT2D eigenvalue weighted by atomic mass is 16.5. The van der Waals surface area contributed by atoms with E-state index >= 15 is 0 Å². The van der Waals surface area contributed by atoms with Gasteiger partial charge >= 0.3 is 0 Å². The van der Waals surface area contributed by atoms with Crippen LogP contribution in [0.2, 0.25) is 0 Å². The van der Waals surface area contributed by atoms with Crippen molar-refractivity contribution in [1.29, 1.82) is 0 Å². The highest BCUT2D eigenvalue weighted by Gasteiger charge is 2.08. The number of nitrogens with one attached hydrogen (secondary N) is 1. The number of hydrogen-bond acceptors (Lipinski definition) is 6. The second kappa shape index (κ2) is 10.9. The molecule has 0 bridgehead atoms. The van der Waals surface area contributed by atoms with Crippen LogP contribution in [0.25, 0.3) is 5.82 Å². The number of anilines is 1. The highest BCUT2D eigenvalue weighted by Crippen LogP contribution is 2.22. The molecule has 4 rings (SSSR count). The normalized spacial score (nSPS) is 10.6. The summed E-state index contributed by atoms with van der Waals surface area (Å²) >= 11 is 0. The summed E-state index contributed by atoms with van der Waals surface area (Å²) < 4.78 is 13.2. The van der Waals surface area contributed by atoms with Crippen LogP contribution in [0.4, 0.5) is 5.69 Å². The maximum absolute atomic E-state index is 12.5. The van der Waals surface area contributed by atoms with Crippen molar-refractivity contribution in [2.24, 2.45) is 0 Å². The molecule has 0 saturated heterocycles. The van der Waals surface area contributed by atoms with Gasteiger partial charge in [-0.25, -0.2) is 4.98 Å². The molecule has 0 unspecified atom stereocenters. The maximum Gasteiger partial charge on any atom is 0.255 e. The van der Waals surface area contributed by atoms with Gasteiger partial charge in [0.2, 0.25) is 5.88 Å². The Kier molecular flexibility index (Phi) is 7.27. The Morgan fingerprint density at radius 1 is 0.939 bits per heavy atom. The van der Waals surface area contributed by atoms with Crippen molar-refractivity contribution in [3.05, 3.63) is 84.9 Å². The van der Waals surface area contributed by atoms with Crippen LogP contribution in [-0.4, -0.2) is 32.3 Å². The van der Waals surface area contributed by atoms with E-state index in [4.69, 9.17) is 9.47 Å². The van der Waals surface area contributed by atoms with E-state index in [0.717, 1.165) is 25.0 Å². The van der Waals surface area contributed by atoms with E-state index in [-0.39, 0.29) is 5.91 Å². The van der Waals surface area contributed by atoms with Gasteiger partial charge in [-0.2, -0.15) is 0 Å². The van der Waals surface area contributed by atoms with E-state index in [1.54, 1.807) is 71.8 Å². The largest absolute Gasteiger partial charge is 0.494 e. The number of amides is 1. The van der Waals surface area contributed by atoms with Gasteiger partial charge in [0.25, 0.3) is 5.91 Å². The lowest BCUT2D eigenvalue weighted by Gasteiger charge is -2.09. The van der Waals surface area contributed by atoms with Crippen molar-refractivity contribution in [2.75, 3.05) is 11.9 Å². The lowest BCUT2D eigenvalue weighted by Crippen LogP contribution is -2.11. The van der Waals surface area contributed by atoms with Crippen LogP contribution >= 0.6 is 0 Å². The molecule has 0 saturated carbocycles. The predicted octanol–water partition coefficient (Wildman–Crippen LogP) is 5.28. The van der Waals surface area contributed by atoms with Crippen molar-refractivity contribution >= 4 is 11.6 Å². The van der Waals surface area contributed by atoms with Crippen LogP contribution in [0.3, 0.4) is 0 Å². The molecule has 33 heavy (non-hydrogen) atoms. The number of unbranched alkanes of at least 4 members (excludes halogenated alkanes) is 2. The van der Waals surface area contributed by atoms with Gasteiger partial charge in [0.15, 0.2) is 5.82 Å². The van der Waals surface area contributed by atoms with Crippen LogP contribution in [0.1, 0.15) is 36.5 Å². The molecule has 1 N–H and O–H groups in total. The Morgan fingerprint density at radius 2 is 1.73 bits per heavy atom. The van der Waals surface area contributed by atoms with E-state index in [9.17, 15) is 4.79 Å². The van der Waals surface area contributed by atoms with E-state index < -0.39 is 0 Å². The molecule has 0 atom stereocenters. The molecule has 2 aromatic carbocycles. The van der Waals surface area contributed by atoms with E-state index in [2.05, 4.69) is 27.4 Å². The Balaban J connectivity index is 1.29. The number of imidazole rings is 1. The molecule has 8 nitrogen and oxygen atoms in total. The SMILES string of the molecule is CCCCCOc1ccc(C(=O)Nc2ccc(Oc3ccc(-n4ccnc4)nn3)cc2)cc1. The third-order valence-electron chi connectivity index (χ3n) is 4.86. The van der Waals surface area contributed by atoms with Crippen LogP contribution in [0.15, 0.2) is 79.4 Å². The third-order valence-corrected chi connectivity index (χ3v) is 4.86. The standard InChI is InChI=1S/C25H25N5O3/c1-2-3-4-17-32-21-9-5-19(6-10-21)25(31)27-20-7-11-22(12-8-20)33-24-14-13-23(28-29-24)30-16-15-26-18-30/h5-16,18H,2-4,17H2,1H3,(H,27,31). The van der Waals surface area contributed by atoms with Gasteiger partial charge in [-0.05, 0) is 61.0 Å². The minimum atomic E-state index is -0.192. The molecule has 1 amide bonds. The van der Waals surface area contributed by atoms with Crippen molar-refractivity contribution in [3.8, 4) is 23.2 Å². The number of carbonyl (C=O) groups excluding carboxylic acids is 1. The van der Waals surface area contributed by atoms with Crippen molar-refractivity contribution in [3.63, 3.8) is 0 Å². The van der Waals surface area contributed by atoms with Crippen molar-refractivity contribution in [1.82, 2.24) is 19.7 Å².